The zero-order valence-corrected chi connectivity index (χ0v) is 12.4. The van der Waals surface area contributed by atoms with Crippen LogP contribution in [0, 0.1) is 6.07 Å². The second-order valence-corrected chi connectivity index (χ2v) is 2.56. The largest absolute Gasteiger partial charge is 1.00 e. The summed E-state index contributed by atoms with van der Waals surface area (Å²) in [5, 5.41) is 0. The maximum atomic E-state index is 10.8. The van der Waals surface area contributed by atoms with Gasteiger partial charge in [-0.2, -0.15) is 12.1 Å². The van der Waals surface area contributed by atoms with E-state index in [4.69, 9.17) is 0 Å². The minimum Gasteiger partial charge on any atom is -0.870 e. The molecule has 0 saturated heterocycles. The van der Waals surface area contributed by atoms with E-state index in [0.717, 1.165) is 12.0 Å². The maximum absolute atomic E-state index is 10.8. The summed E-state index contributed by atoms with van der Waals surface area (Å²) in [4.78, 5) is 10.8. The molecule has 1 aromatic rings. The van der Waals surface area contributed by atoms with Gasteiger partial charge in [0.1, 0.15) is 0 Å². The van der Waals surface area contributed by atoms with Crippen LogP contribution in [0.5, 0.6) is 0 Å². The second kappa shape index (κ2) is 5.99. The summed E-state index contributed by atoms with van der Waals surface area (Å²) in [7, 11) is 0. The van der Waals surface area contributed by atoms with Gasteiger partial charge in [-0.05, 0) is 6.42 Å². The molecule has 0 saturated carbocycles. The average molecular weight is 246 g/mol. The fourth-order valence-corrected chi connectivity index (χ4v) is 0.984. The summed E-state index contributed by atoms with van der Waals surface area (Å²) < 4.78 is 0. The van der Waals surface area contributed by atoms with E-state index in [9.17, 15) is 4.79 Å². The molecule has 1 aliphatic carbocycles. The molecule has 1 aromatic carbocycles. The molecular formula is C10H8O2Rb-. The van der Waals surface area contributed by atoms with Crippen LogP contribution in [0.15, 0.2) is 35.1 Å². The zero-order chi connectivity index (χ0) is 7.68. The molecule has 0 fully saturated rings. The number of allylic oxidation sites excluding steroid dienone is 2. The number of rotatable bonds is 1. The molecule has 1 N–H and O–H groups in total. The molecule has 0 unspecified atom stereocenters. The van der Waals surface area contributed by atoms with Gasteiger partial charge < -0.3 is 10.3 Å². The molecule has 0 spiro atoms. The minimum absolute atomic E-state index is 0. The van der Waals surface area contributed by atoms with E-state index < -0.39 is 0 Å². The van der Waals surface area contributed by atoms with Crippen LogP contribution in [0.4, 0.5) is 0 Å². The van der Waals surface area contributed by atoms with E-state index >= 15 is 0 Å². The van der Waals surface area contributed by atoms with Gasteiger partial charge in [0.15, 0.2) is 0 Å². The topological polar surface area (TPSA) is 47.1 Å². The molecule has 62 valence electrons. The molecular weight excluding hydrogens is 238 g/mol. The average Bonchev–Trinajstić information content (AvgIpc) is 2.73. The van der Waals surface area contributed by atoms with Crippen molar-refractivity contribution in [3.05, 3.63) is 52.2 Å². The van der Waals surface area contributed by atoms with Crippen LogP contribution in [-0.4, -0.2) is 5.48 Å². The van der Waals surface area contributed by atoms with Crippen LogP contribution in [0.3, 0.4) is 0 Å². The van der Waals surface area contributed by atoms with Crippen LogP contribution in [0.2, 0.25) is 0 Å². The molecule has 3 heteroatoms. The number of hydrogen-bond acceptors (Lipinski definition) is 2. The second-order valence-electron chi connectivity index (χ2n) is 2.56. The Hall–Kier alpha value is 0.395. The van der Waals surface area contributed by atoms with Gasteiger partial charge in [0, 0.05) is 0 Å². The van der Waals surface area contributed by atoms with Gasteiger partial charge in [0.25, 0.3) is 0 Å². The molecule has 0 bridgehead atoms. The van der Waals surface area contributed by atoms with Crippen LogP contribution in [-0.2, 0) is 0 Å². The Balaban J connectivity index is 0.000000720. The van der Waals surface area contributed by atoms with Crippen LogP contribution >= 0.6 is 0 Å². The molecule has 0 atom stereocenters. The molecule has 0 aromatic heterocycles. The fourth-order valence-electron chi connectivity index (χ4n) is 0.984. The molecule has 2 nitrogen and oxygen atoms in total. The van der Waals surface area contributed by atoms with Gasteiger partial charge >= 0.3 is 58.2 Å². The Bertz CT molecular complexity index is 371. The van der Waals surface area contributed by atoms with Crippen molar-refractivity contribution in [2.45, 2.75) is 6.42 Å². The predicted octanol–water partition coefficient (Wildman–Crippen LogP) is -1.54. The molecule has 0 aliphatic heterocycles. The number of hydrogen-bond donors (Lipinski definition) is 0. The van der Waals surface area contributed by atoms with Crippen molar-refractivity contribution in [1.29, 1.82) is 0 Å². The van der Waals surface area contributed by atoms with Gasteiger partial charge in [0.2, 0.25) is 0 Å². The SMILES string of the molecule is O=c1[c-]ccc(C2=CC2)cc1.[OH-].[Rb+]. The Labute approximate surface area is 126 Å². The summed E-state index contributed by atoms with van der Waals surface area (Å²) in [6.45, 7) is 0. The summed E-state index contributed by atoms with van der Waals surface area (Å²) in [6, 6.07) is 9.59. The normalized spacial score (nSPS) is 11.8. The molecule has 2 rings (SSSR count). The van der Waals surface area contributed by atoms with Crippen molar-refractivity contribution in [2.75, 3.05) is 0 Å². The standard InChI is InChI=1S/C10H7O.H2O.Rb/c11-10-3-1-2-8(6-7-10)9-4-5-9;;/h1-2,4,6-7H,5H2;1H2;/q-1;;+1/p-1. The van der Waals surface area contributed by atoms with E-state index in [0.29, 0.717) is 0 Å². The Morgan fingerprint density at radius 3 is 2.54 bits per heavy atom. The fraction of sp³-hybridized carbons (Fsp3) is 0.100. The van der Waals surface area contributed by atoms with Crippen LogP contribution < -0.4 is 63.6 Å². The first kappa shape index (κ1) is 13.4. The first-order valence-electron chi connectivity index (χ1n) is 3.58. The van der Waals surface area contributed by atoms with Crippen molar-refractivity contribution < 1.29 is 63.7 Å². The maximum Gasteiger partial charge on any atom is 1.00 e. The van der Waals surface area contributed by atoms with Crippen molar-refractivity contribution in [2.24, 2.45) is 0 Å². The third kappa shape index (κ3) is 3.96. The van der Waals surface area contributed by atoms with Gasteiger partial charge in [-0.25, -0.2) is 0 Å². The molecule has 13 heavy (non-hydrogen) atoms. The monoisotopic (exact) mass is 245 g/mol. The molecule has 1 aliphatic rings. The van der Waals surface area contributed by atoms with Gasteiger partial charge in [-0.1, -0.05) is 17.2 Å². The van der Waals surface area contributed by atoms with Gasteiger partial charge in [-0.3, -0.25) is 0 Å². The van der Waals surface area contributed by atoms with Crippen molar-refractivity contribution >= 4 is 5.57 Å². The van der Waals surface area contributed by atoms with E-state index in [-0.39, 0.29) is 69.1 Å². The van der Waals surface area contributed by atoms with Gasteiger partial charge in [-0.15, -0.1) is 18.2 Å². The first-order chi connectivity index (χ1) is 5.36. The Morgan fingerprint density at radius 2 is 1.92 bits per heavy atom. The predicted molar refractivity (Wildman–Crippen MR) is 46.1 cm³/mol. The zero-order valence-electron chi connectivity index (χ0n) is 7.45. The summed E-state index contributed by atoms with van der Waals surface area (Å²) >= 11 is 0. The first-order valence-corrected chi connectivity index (χ1v) is 3.58. The summed E-state index contributed by atoms with van der Waals surface area (Å²) in [6.07, 6.45) is 3.21. The van der Waals surface area contributed by atoms with Crippen LogP contribution in [0.25, 0.3) is 5.57 Å². The van der Waals surface area contributed by atoms with E-state index in [1.54, 1.807) is 12.1 Å². The van der Waals surface area contributed by atoms with Crippen molar-refractivity contribution in [3.8, 4) is 0 Å². The van der Waals surface area contributed by atoms with E-state index in [2.05, 4.69) is 12.1 Å². The van der Waals surface area contributed by atoms with Gasteiger partial charge in [0.05, 0.1) is 5.43 Å². The van der Waals surface area contributed by atoms with Crippen molar-refractivity contribution in [1.82, 2.24) is 0 Å². The third-order valence-corrected chi connectivity index (χ3v) is 1.68. The summed E-state index contributed by atoms with van der Waals surface area (Å²) in [5.41, 5.74) is 2.41. The van der Waals surface area contributed by atoms with Crippen LogP contribution in [0.1, 0.15) is 12.0 Å². The van der Waals surface area contributed by atoms with E-state index in [1.807, 2.05) is 12.1 Å². The quantitative estimate of drug-likeness (QED) is 0.563. The smallest absolute Gasteiger partial charge is 0.870 e. The molecule has 0 heterocycles. The Kier molecular flexibility index (Phi) is 6.17. The Morgan fingerprint density at radius 1 is 1.23 bits per heavy atom. The summed E-state index contributed by atoms with van der Waals surface area (Å²) in [5.74, 6) is 0. The third-order valence-electron chi connectivity index (χ3n) is 1.68. The van der Waals surface area contributed by atoms with Crippen molar-refractivity contribution in [3.63, 3.8) is 0 Å². The minimum atomic E-state index is -0.0579. The van der Waals surface area contributed by atoms with E-state index in [1.165, 1.54) is 5.57 Å². The molecule has 0 radical (unpaired) electrons. The molecule has 0 amide bonds.